The second-order valence-corrected chi connectivity index (χ2v) is 2.63. The normalized spacial score (nSPS) is 28.2. The molecule has 0 amide bonds. The van der Waals surface area contributed by atoms with Crippen LogP contribution in [-0.4, -0.2) is 11.4 Å². The molecule has 2 aliphatic rings. The predicted molar refractivity (Wildman–Crippen MR) is 31.8 cm³/mol. The summed E-state index contributed by atoms with van der Waals surface area (Å²) in [5.74, 6) is 0.161. The highest BCUT2D eigenvalue weighted by Gasteiger charge is 2.46. The molecule has 2 nitrogen and oxygen atoms in total. The van der Waals surface area contributed by atoms with E-state index in [1.165, 1.54) is 12.3 Å². The van der Waals surface area contributed by atoms with Crippen LogP contribution in [0.1, 0.15) is 19.3 Å². The summed E-state index contributed by atoms with van der Waals surface area (Å²) in [6.07, 6.45) is 6.01. The highest BCUT2D eigenvalue weighted by Crippen LogP contribution is 2.39. The molecule has 0 aromatic carbocycles. The van der Waals surface area contributed by atoms with Crippen molar-refractivity contribution in [1.82, 2.24) is 0 Å². The molecule has 1 saturated carbocycles. The Morgan fingerprint density at radius 2 is 2.33 bits per heavy atom. The third-order valence-corrected chi connectivity index (χ3v) is 2.12. The van der Waals surface area contributed by atoms with Crippen LogP contribution < -0.4 is 0 Å². The zero-order valence-corrected chi connectivity index (χ0v) is 5.09. The third kappa shape index (κ3) is 0.479. The number of carbonyl (C=O) groups is 1. The van der Waals surface area contributed by atoms with Gasteiger partial charge in [-0.25, -0.2) is 0 Å². The van der Waals surface area contributed by atoms with E-state index in [0.29, 0.717) is 0 Å². The Bertz CT molecular complexity index is 177. The Labute approximate surface area is 53.5 Å². The van der Waals surface area contributed by atoms with Gasteiger partial charge in [0.2, 0.25) is 5.78 Å². The summed E-state index contributed by atoms with van der Waals surface area (Å²) < 4.78 is 5.16. The van der Waals surface area contributed by atoms with Gasteiger partial charge in [0.25, 0.3) is 0 Å². The van der Waals surface area contributed by atoms with Crippen LogP contribution in [-0.2, 0) is 9.53 Å². The number of ether oxygens (including phenoxy) is 1. The van der Waals surface area contributed by atoms with Gasteiger partial charge in [-0.05, 0) is 19.3 Å². The molecule has 48 valence electrons. The van der Waals surface area contributed by atoms with E-state index >= 15 is 0 Å². The average molecular weight is 124 g/mol. The van der Waals surface area contributed by atoms with Gasteiger partial charge in [-0.2, -0.15) is 0 Å². The molecule has 0 N–H and O–H groups in total. The molecule has 1 spiro atoms. The van der Waals surface area contributed by atoms with Gasteiger partial charge in [-0.1, -0.05) is 0 Å². The van der Waals surface area contributed by atoms with Crippen molar-refractivity contribution in [2.24, 2.45) is 0 Å². The smallest absolute Gasteiger partial charge is 0.202 e. The van der Waals surface area contributed by atoms with Gasteiger partial charge >= 0.3 is 0 Å². The second-order valence-electron chi connectivity index (χ2n) is 2.63. The lowest BCUT2D eigenvalue weighted by Crippen LogP contribution is -2.42. The average Bonchev–Trinajstić information content (AvgIpc) is 2.07. The second kappa shape index (κ2) is 1.38. The fraction of sp³-hybridized carbons (Fsp3) is 0.571. The maximum absolute atomic E-state index is 11.0. The van der Waals surface area contributed by atoms with Crippen molar-refractivity contribution in [2.45, 2.75) is 24.9 Å². The first kappa shape index (κ1) is 5.03. The van der Waals surface area contributed by atoms with Crippen molar-refractivity contribution in [3.63, 3.8) is 0 Å². The van der Waals surface area contributed by atoms with Crippen molar-refractivity contribution in [1.29, 1.82) is 0 Å². The molecule has 1 aliphatic carbocycles. The van der Waals surface area contributed by atoms with Crippen LogP contribution in [0.15, 0.2) is 12.3 Å². The topological polar surface area (TPSA) is 26.3 Å². The highest BCUT2D eigenvalue weighted by atomic mass is 16.5. The monoisotopic (exact) mass is 124 g/mol. The minimum absolute atomic E-state index is 0.161. The van der Waals surface area contributed by atoms with Crippen LogP contribution in [0.4, 0.5) is 0 Å². The summed E-state index contributed by atoms with van der Waals surface area (Å²) in [7, 11) is 0. The molecule has 2 rings (SSSR count). The van der Waals surface area contributed by atoms with Crippen molar-refractivity contribution in [3.05, 3.63) is 12.3 Å². The van der Waals surface area contributed by atoms with E-state index in [1.54, 1.807) is 0 Å². The molecule has 0 bridgehead atoms. The Morgan fingerprint density at radius 1 is 1.56 bits per heavy atom. The largest absolute Gasteiger partial charge is 0.487 e. The van der Waals surface area contributed by atoms with E-state index in [-0.39, 0.29) is 11.4 Å². The molecular formula is C7H8O2. The lowest BCUT2D eigenvalue weighted by molar-refractivity contribution is -0.137. The maximum Gasteiger partial charge on any atom is 0.202 e. The van der Waals surface area contributed by atoms with Crippen molar-refractivity contribution in [2.75, 3.05) is 0 Å². The molecule has 0 aromatic rings. The quantitative estimate of drug-likeness (QED) is 0.482. The predicted octanol–water partition coefficient (Wildman–Crippen LogP) is 1.02. The van der Waals surface area contributed by atoms with Crippen LogP contribution in [0.2, 0.25) is 0 Å². The summed E-state index contributed by atoms with van der Waals surface area (Å²) in [5, 5.41) is 0. The SMILES string of the molecule is O=C1C=COC12CCC2. The fourth-order valence-corrected chi connectivity index (χ4v) is 1.30. The van der Waals surface area contributed by atoms with Gasteiger partial charge in [0, 0.05) is 6.08 Å². The Hall–Kier alpha value is -0.790. The molecule has 0 saturated heterocycles. The zero-order valence-electron chi connectivity index (χ0n) is 5.09. The van der Waals surface area contributed by atoms with E-state index in [4.69, 9.17) is 4.74 Å². The number of rotatable bonds is 0. The molecule has 1 fully saturated rings. The number of hydrogen-bond donors (Lipinski definition) is 0. The van der Waals surface area contributed by atoms with Crippen molar-refractivity contribution < 1.29 is 9.53 Å². The summed E-state index contributed by atoms with van der Waals surface area (Å²) >= 11 is 0. The summed E-state index contributed by atoms with van der Waals surface area (Å²) in [6.45, 7) is 0. The zero-order chi connectivity index (χ0) is 6.32. The highest BCUT2D eigenvalue weighted by molar-refractivity contribution is 5.99. The lowest BCUT2D eigenvalue weighted by Gasteiger charge is -2.34. The Kier molecular flexibility index (Phi) is 0.770. The first-order chi connectivity index (χ1) is 4.33. The van der Waals surface area contributed by atoms with Crippen molar-refractivity contribution >= 4 is 5.78 Å². The molecule has 1 aliphatic heterocycles. The fourth-order valence-electron chi connectivity index (χ4n) is 1.30. The number of hydrogen-bond acceptors (Lipinski definition) is 2. The minimum Gasteiger partial charge on any atom is -0.487 e. The third-order valence-electron chi connectivity index (χ3n) is 2.12. The lowest BCUT2D eigenvalue weighted by atomic mass is 9.78. The van der Waals surface area contributed by atoms with Crippen LogP contribution in [0.3, 0.4) is 0 Å². The Balaban J connectivity index is 2.23. The minimum atomic E-state index is -0.375. The van der Waals surface area contributed by atoms with Crippen LogP contribution in [0, 0.1) is 0 Å². The van der Waals surface area contributed by atoms with Gasteiger partial charge in [0.1, 0.15) is 0 Å². The van der Waals surface area contributed by atoms with E-state index in [1.807, 2.05) is 0 Å². The Morgan fingerprint density at radius 3 is 2.56 bits per heavy atom. The van der Waals surface area contributed by atoms with Crippen LogP contribution in [0.25, 0.3) is 0 Å². The first-order valence-corrected chi connectivity index (χ1v) is 3.22. The summed E-state index contributed by atoms with van der Waals surface area (Å²) in [5.41, 5.74) is -0.375. The standard InChI is InChI=1S/C7H8O2/c8-6-2-5-9-7(6)3-1-4-7/h2,5H,1,3-4H2. The molecule has 0 unspecified atom stereocenters. The van der Waals surface area contributed by atoms with Gasteiger partial charge in [0.05, 0.1) is 6.26 Å². The molecule has 9 heavy (non-hydrogen) atoms. The van der Waals surface area contributed by atoms with Gasteiger partial charge < -0.3 is 4.74 Å². The van der Waals surface area contributed by atoms with E-state index in [0.717, 1.165) is 19.3 Å². The van der Waals surface area contributed by atoms with E-state index in [2.05, 4.69) is 0 Å². The first-order valence-electron chi connectivity index (χ1n) is 3.22. The molecule has 0 aromatic heterocycles. The number of ketones is 1. The van der Waals surface area contributed by atoms with Crippen LogP contribution >= 0.6 is 0 Å². The molecule has 0 radical (unpaired) electrons. The van der Waals surface area contributed by atoms with Crippen LogP contribution in [0.5, 0.6) is 0 Å². The van der Waals surface area contributed by atoms with Gasteiger partial charge in [-0.15, -0.1) is 0 Å². The summed E-state index contributed by atoms with van der Waals surface area (Å²) in [6, 6.07) is 0. The molecule has 2 heteroatoms. The number of carbonyl (C=O) groups excluding carboxylic acids is 1. The van der Waals surface area contributed by atoms with E-state index in [9.17, 15) is 4.79 Å². The van der Waals surface area contributed by atoms with Gasteiger partial charge in [-0.3, -0.25) is 4.79 Å². The van der Waals surface area contributed by atoms with Crippen molar-refractivity contribution in [3.8, 4) is 0 Å². The maximum atomic E-state index is 11.0. The van der Waals surface area contributed by atoms with E-state index < -0.39 is 0 Å². The van der Waals surface area contributed by atoms with Gasteiger partial charge in [0.15, 0.2) is 5.60 Å². The molecular weight excluding hydrogens is 116 g/mol. The molecule has 1 heterocycles. The molecule has 0 atom stereocenters. The summed E-state index contributed by atoms with van der Waals surface area (Å²) in [4.78, 5) is 11.0.